The van der Waals surface area contributed by atoms with E-state index in [-0.39, 0.29) is 0 Å². The number of halogens is 1. The molecule has 6 heteroatoms. The zero-order valence-electron chi connectivity index (χ0n) is 11.1. The maximum atomic E-state index is 6.10. The Morgan fingerprint density at radius 2 is 1.76 bits per heavy atom. The summed E-state index contributed by atoms with van der Waals surface area (Å²) in [5.74, 6) is 0.894. The molecule has 1 aliphatic heterocycles. The monoisotopic (exact) mass is 259 g/mol. The highest BCUT2D eigenvalue weighted by atomic mass is 35.5. The first-order valence-corrected chi connectivity index (χ1v) is 6.56. The average Bonchev–Trinajstić information content (AvgIpc) is 2.31. The molecule has 98 valence electrons. The number of hydrazine groups is 2. The van der Waals surface area contributed by atoms with Gasteiger partial charge in [-0.1, -0.05) is 25.4 Å². The van der Waals surface area contributed by atoms with Crippen LogP contribution in [0.3, 0.4) is 0 Å². The molecule has 1 aliphatic rings. The van der Waals surface area contributed by atoms with Crippen molar-refractivity contribution >= 4 is 17.4 Å². The Hall–Kier alpha value is -0.940. The third-order valence-corrected chi connectivity index (χ3v) is 2.94. The van der Waals surface area contributed by atoms with E-state index >= 15 is 0 Å². The van der Waals surface area contributed by atoms with Gasteiger partial charge in [0.1, 0.15) is 5.16 Å². The third-order valence-electron chi connectivity index (χ3n) is 2.75. The van der Waals surface area contributed by atoms with Gasteiger partial charge in [-0.05, 0) is 13.8 Å². The normalized spacial score (nSPS) is 15.5. The average molecular weight is 260 g/mol. The Balaban J connectivity index is 2.87. The van der Waals surface area contributed by atoms with Gasteiger partial charge in [0.25, 0.3) is 0 Å². The van der Waals surface area contributed by atoms with Crippen molar-refractivity contribution in [2.45, 2.75) is 27.7 Å². The van der Waals surface area contributed by atoms with Crippen LogP contribution in [0.2, 0.25) is 0 Å². The van der Waals surface area contributed by atoms with E-state index in [1.54, 1.807) is 5.23 Å². The molecule has 0 bridgehead atoms. The SMILES string of the molecule is CCN(CC)C1=NN(N(CC)CC)NC(Cl)=C1. The molecule has 17 heavy (non-hydrogen) atoms. The van der Waals surface area contributed by atoms with Crippen LogP contribution in [0.1, 0.15) is 27.7 Å². The lowest BCUT2D eigenvalue weighted by atomic mass is 10.4. The van der Waals surface area contributed by atoms with Crippen molar-refractivity contribution in [1.29, 1.82) is 0 Å². The van der Waals surface area contributed by atoms with Gasteiger partial charge in [0.2, 0.25) is 0 Å². The van der Waals surface area contributed by atoms with E-state index in [0.29, 0.717) is 5.16 Å². The fourth-order valence-electron chi connectivity index (χ4n) is 1.72. The van der Waals surface area contributed by atoms with Crippen molar-refractivity contribution in [3.63, 3.8) is 0 Å². The second-order valence-electron chi connectivity index (χ2n) is 3.66. The summed E-state index contributed by atoms with van der Waals surface area (Å²) in [5, 5.41) is 8.92. The molecule has 0 spiro atoms. The topological polar surface area (TPSA) is 34.1 Å². The van der Waals surface area contributed by atoms with Gasteiger partial charge in [0, 0.05) is 32.3 Å². The minimum atomic E-state index is 0.591. The van der Waals surface area contributed by atoms with Crippen molar-refractivity contribution in [2.75, 3.05) is 26.2 Å². The van der Waals surface area contributed by atoms with Crippen molar-refractivity contribution in [2.24, 2.45) is 5.10 Å². The quantitative estimate of drug-likeness (QED) is 0.764. The fraction of sp³-hybridized carbons (Fsp3) is 0.727. The summed E-state index contributed by atoms with van der Waals surface area (Å²) in [6.45, 7) is 12.0. The second-order valence-corrected chi connectivity index (χ2v) is 4.07. The summed E-state index contributed by atoms with van der Waals surface area (Å²) in [5.41, 5.74) is 3.02. The van der Waals surface area contributed by atoms with Crippen LogP contribution in [0, 0.1) is 0 Å². The van der Waals surface area contributed by atoms with Gasteiger partial charge in [-0.2, -0.15) is 5.01 Å². The first-order valence-electron chi connectivity index (χ1n) is 6.18. The van der Waals surface area contributed by atoms with Crippen LogP contribution in [-0.4, -0.2) is 47.2 Å². The van der Waals surface area contributed by atoms with Crippen LogP contribution in [0.25, 0.3) is 0 Å². The number of rotatable bonds is 5. The molecule has 0 radical (unpaired) electrons. The van der Waals surface area contributed by atoms with Gasteiger partial charge >= 0.3 is 0 Å². The van der Waals surface area contributed by atoms with E-state index in [0.717, 1.165) is 32.0 Å². The van der Waals surface area contributed by atoms with E-state index in [4.69, 9.17) is 11.6 Å². The first-order chi connectivity index (χ1) is 8.15. The standard InChI is InChI=1S/C11H22ClN5/c1-5-15(6-2)11-9-10(12)13-17(14-11)16(7-3)8-4/h9,13H,5-8H2,1-4H3. The molecule has 0 amide bonds. The second kappa shape index (κ2) is 6.71. The molecule has 0 aromatic heterocycles. The van der Waals surface area contributed by atoms with Crippen LogP contribution < -0.4 is 5.43 Å². The van der Waals surface area contributed by atoms with Crippen molar-refractivity contribution in [1.82, 2.24) is 20.6 Å². The smallest absolute Gasteiger partial charge is 0.155 e. The number of hydrazone groups is 1. The highest BCUT2D eigenvalue weighted by molar-refractivity contribution is 6.30. The minimum Gasteiger partial charge on any atom is -0.356 e. The summed E-state index contributed by atoms with van der Waals surface area (Å²) in [6, 6.07) is 0. The Bertz CT molecular complexity index is 294. The predicted molar refractivity (Wildman–Crippen MR) is 72.2 cm³/mol. The van der Waals surface area contributed by atoms with Gasteiger partial charge in [-0.25, -0.2) is 0 Å². The lowest BCUT2D eigenvalue weighted by Gasteiger charge is -2.35. The van der Waals surface area contributed by atoms with Crippen LogP contribution in [-0.2, 0) is 0 Å². The largest absolute Gasteiger partial charge is 0.356 e. The Kier molecular flexibility index (Phi) is 5.58. The predicted octanol–water partition coefficient (Wildman–Crippen LogP) is 1.80. The van der Waals surface area contributed by atoms with E-state index in [9.17, 15) is 0 Å². The Labute approximate surface area is 109 Å². The van der Waals surface area contributed by atoms with Crippen molar-refractivity contribution in [3.05, 3.63) is 11.2 Å². The van der Waals surface area contributed by atoms with Crippen molar-refractivity contribution < 1.29 is 0 Å². The van der Waals surface area contributed by atoms with Crippen LogP contribution >= 0.6 is 11.6 Å². The molecule has 1 rings (SSSR count). The maximum Gasteiger partial charge on any atom is 0.155 e. The molecule has 0 aliphatic carbocycles. The molecular weight excluding hydrogens is 238 g/mol. The third kappa shape index (κ3) is 3.51. The molecule has 0 aromatic rings. The minimum absolute atomic E-state index is 0.591. The number of nitrogens with one attached hydrogen (secondary N) is 1. The van der Waals surface area contributed by atoms with E-state index in [2.05, 4.69) is 48.1 Å². The van der Waals surface area contributed by atoms with Gasteiger partial charge in [-0.15, -0.1) is 10.3 Å². The molecule has 0 saturated heterocycles. The zero-order valence-corrected chi connectivity index (χ0v) is 11.8. The number of likely N-dealkylation sites (N-methyl/N-ethyl adjacent to an activating group) is 1. The molecule has 1 heterocycles. The zero-order chi connectivity index (χ0) is 12.8. The van der Waals surface area contributed by atoms with Gasteiger partial charge in [-0.3, -0.25) is 5.43 Å². The lowest BCUT2D eigenvalue weighted by Crippen LogP contribution is -2.50. The number of hydrogen-bond acceptors (Lipinski definition) is 5. The summed E-state index contributed by atoms with van der Waals surface area (Å²) in [7, 11) is 0. The first kappa shape index (κ1) is 14.1. The van der Waals surface area contributed by atoms with Crippen LogP contribution in [0.5, 0.6) is 0 Å². The number of nitrogens with zero attached hydrogens (tertiary/aromatic N) is 4. The Morgan fingerprint density at radius 3 is 2.24 bits per heavy atom. The van der Waals surface area contributed by atoms with Crippen LogP contribution in [0.4, 0.5) is 0 Å². The molecule has 0 atom stereocenters. The molecule has 1 N–H and O–H groups in total. The van der Waals surface area contributed by atoms with Gasteiger partial charge in [0.05, 0.1) is 0 Å². The summed E-state index contributed by atoms with van der Waals surface area (Å²) >= 11 is 6.10. The lowest BCUT2D eigenvalue weighted by molar-refractivity contribution is -0.0518. The molecule has 5 nitrogen and oxygen atoms in total. The fourth-order valence-corrected chi connectivity index (χ4v) is 1.89. The summed E-state index contributed by atoms with van der Waals surface area (Å²) < 4.78 is 0. The summed E-state index contributed by atoms with van der Waals surface area (Å²) in [6.07, 6.45) is 1.86. The van der Waals surface area contributed by atoms with Crippen molar-refractivity contribution in [3.8, 4) is 0 Å². The Morgan fingerprint density at radius 1 is 1.18 bits per heavy atom. The van der Waals surface area contributed by atoms with E-state index in [1.807, 2.05) is 6.08 Å². The highest BCUT2D eigenvalue weighted by Gasteiger charge is 2.18. The molecule has 0 saturated carbocycles. The maximum absolute atomic E-state index is 6.10. The highest BCUT2D eigenvalue weighted by Crippen LogP contribution is 2.11. The van der Waals surface area contributed by atoms with E-state index in [1.165, 1.54) is 0 Å². The van der Waals surface area contributed by atoms with E-state index < -0.39 is 0 Å². The molecular formula is C11H22ClN5. The number of hydrogen-bond donors (Lipinski definition) is 1. The van der Waals surface area contributed by atoms with Gasteiger partial charge < -0.3 is 4.90 Å². The number of amidine groups is 1. The summed E-state index contributed by atoms with van der Waals surface area (Å²) in [4.78, 5) is 2.17. The van der Waals surface area contributed by atoms with Gasteiger partial charge in [0.15, 0.2) is 5.84 Å². The molecule has 0 unspecified atom stereocenters. The van der Waals surface area contributed by atoms with Crippen LogP contribution in [0.15, 0.2) is 16.3 Å². The molecule has 0 fully saturated rings. The molecule has 0 aromatic carbocycles.